The van der Waals surface area contributed by atoms with E-state index in [1.807, 2.05) is 18.2 Å². The number of aliphatic imine (C=N–C) groups is 1. The summed E-state index contributed by atoms with van der Waals surface area (Å²) in [7, 11) is 1.68. The van der Waals surface area contributed by atoms with E-state index < -0.39 is 0 Å². The number of ether oxygens (including phenoxy) is 1. The molecule has 4 nitrogen and oxygen atoms in total. The largest absolute Gasteiger partial charge is 0.496 e. The highest BCUT2D eigenvalue weighted by molar-refractivity contribution is 9.10. The number of benzene rings is 1. The fourth-order valence-electron chi connectivity index (χ4n) is 1.70. The van der Waals surface area contributed by atoms with Gasteiger partial charge in [0.15, 0.2) is 5.96 Å². The quantitative estimate of drug-likeness (QED) is 0.896. The molecule has 0 saturated carbocycles. The van der Waals surface area contributed by atoms with Gasteiger partial charge in [0, 0.05) is 22.6 Å². The number of nitrogens with zero attached hydrogens (tertiary/aromatic N) is 1. The van der Waals surface area contributed by atoms with Gasteiger partial charge in [-0.15, -0.1) is 0 Å². The van der Waals surface area contributed by atoms with Crippen molar-refractivity contribution in [3.05, 3.63) is 28.2 Å². The van der Waals surface area contributed by atoms with Gasteiger partial charge in [0.2, 0.25) is 0 Å². The van der Waals surface area contributed by atoms with E-state index in [2.05, 4.69) is 38.5 Å². The Hall–Kier alpha value is -1.23. The Balaban J connectivity index is 1.99. The third-order valence-corrected chi connectivity index (χ3v) is 3.10. The van der Waals surface area contributed by atoms with Crippen molar-refractivity contribution in [1.29, 1.82) is 0 Å². The standard InChI is InChI=1S/C12H16BrN3O/c1-8-6-14-12(16-8)15-7-9-3-4-10(13)5-11(9)17-2/h3-5,8H,6-7H2,1-2H3,(H2,14,15,16). The molecule has 0 saturated heterocycles. The van der Waals surface area contributed by atoms with Crippen LogP contribution in [0.2, 0.25) is 0 Å². The number of rotatable bonds is 3. The summed E-state index contributed by atoms with van der Waals surface area (Å²) < 4.78 is 6.35. The van der Waals surface area contributed by atoms with Crippen molar-refractivity contribution in [2.75, 3.05) is 13.7 Å². The molecular weight excluding hydrogens is 282 g/mol. The van der Waals surface area contributed by atoms with Crippen LogP contribution in [0, 0.1) is 0 Å². The molecule has 0 aliphatic carbocycles. The molecule has 92 valence electrons. The molecule has 2 rings (SSSR count). The summed E-state index contributed by atoms with van der Waals surface area (Å²) >= 11 is 3.43. The molecule has 1 aliphatic heterocycles. The van der Waals surface area contributed by atoms with Crippen molar-refractivity contribution >= 4 is 21.9 Å². The summed E-state index contributed by atoms with van der Waals surface area (Å²) in [5.74, 6) is 1.74. The maximum atomic E-state index is 5.33. The molecule has 1 atom stereocenters. The van der Waals surface area contributed by atoms with E-state index in [0.717, 1.165) is 28.3 Å². The second kappa shape index (κ2) is 5.40. The van der Waals surface area contributed by atoms with Crippen LogP contribution in [0.15, 0.2) is 27.7 Å². The maximum Gasteiger partial charge on any atom is 0.191 e. The van der Waals surface area contributed by atoms with E-state index in [-0.39, 0.29) is 0 Å². The Morgan fingerprint density at radius 3 is 3.06 bits per heavy atom. The van der Waals surface area contributed by atoms with Crippen LogP contribution in [0.25, 0.3) is 0 Å². The van der Waals surface area contributed by atoms with Crippen LogP contribution in [-0.4, -0.2) is 25.7 Å². The van der Waals surface area contributed by atoms with Gasteiger partial charge in [0.05, 0.1) is 13.7 Å². The Kier molecular flexibility index (Phi) is 3.89. The molecule has 1 heterocycles. The summed E-state index contributed by atoms with van der Waals surface area (Å²) in [5, 5.41) is 6.53. The number of methoxy groups -OCH3 is 1. The summed E-state index contributed by atoms with van der Waals surface area (Å²) in [6.45, 7) is 3.65. The number of hydrogen-bond acceptors (Lipinski definition) is 4. The van der Waals surface area contributed by atoms with E-state index in [1.165, 1.54) is 0 Å². The Bertz CT molecular complexity index is 434. The summed E-state index contributed by atoms with van der Waals surface area (Å²) in [6, 6.07) is 6.43. The molecule has 0 aromatic heterocycles. The van der Waals surface area contributed by atoms with Crippen molar-refractivity contribution in [3.8, 4) is 5.75 Å². The second-order valence-corrected chi connectivity index (χ2v) is 4.96. The topological polar surface area (TPSA) is 45.6 Å². The van der Waals surface area contributed by atoms with Gasteiger partial charge >= 0.3 is 0 Å². The van der Waals surface area contributed by atoms with Crippen molar-refractivity contribution in [1.82, 2.24) is 10.6 Å². The number of halogens is 1. The molecule has 17 heavy (non-hydrogen) atoms. The van der Waals surface area contributed by atoms with Crippen LogP contribution in [0.5, 0.6) is 5.75 Å². The molecule has 0 spiro atoms. The fourth-order valence-corrected chi connectivity index (χ4v) is 2.04. The monoisotopic (exact) mass is 297 g/mol. The molecular formula is C12H16BrN3O. The van der Waals surface area contributed by atoms with Crippen LogP contribution in [0.1, 0.15) is 12.5 Å². The molecule has 0 bridgehead atoms. The molecule has 1 aromatic rings. The van der Waals surface area contributed by atoms with Gasteiger partial charge in [-0.25, -0.2) is 0 Å². The molecule has 2 N–H and O–H groups in total. The lowest BCUT2D eigenvalue weighted by atomic mass is 10.2. The second-order valence-electron chi connectivity index (χ2n) is 4.04. The van der Waals surface area contributed by atoms with Gasteiger partial charge in [-0.2, -0.15) is 0 Å². The summed E-state index contributed by atoms with van der Waals surface area (Å²) in [6.07, 6.45) is 0. The lowest BCUT2D eigenvalue weighted by Gasteiger charge is -2.12. The highest BCUT2D eigenvalue weighted by Crippen LogP contribution is 2.23. The number of hydrogen-bond donors (Lipinski definition) is 2. The van der Waals surface area contributed by atoms with Crippen LogP contribution < -0.4 is 15.4 Å². The Morgan fingerprint density at radius 1 is 1.59 bits per heavy atom. The molecule has 5 heteroatoms. The molecule has 1 unspecified atom stereocenters. The zero-order valence-electron chi connectivity index (χ0n) is 9.96. The highest BCUT2D eigenvalue weighted by atomic mass is 79.9. The van der Waals surface area contributed by atoms with Crippen LogP contribution in [0.3, 0.4) is 0 Å². The van der Waals surface area contributed by atoms with Crippen LogP contribution in [0.4, 0.5) is 0 Å². The maximum absolute atomic E-state index is 5.33. The van der Waals surface area contributed by atoms with E-state index in [4.69, 9.17) is 4.74 Å². The molecule has 1 aromatic carbocycles. The van der Waals surface area contributed by atoms with Crippen molar-refractivity contribution < 1.29 is 4.74 Å². The molecule has 0 amide bonds. The van der Waals surface area contributed by atoms with Crippen molar-refractivity contribution in [3.63, 3.8) is 0 Å². The van der Waals surface area contributed by atoms with Gasteiger partial charge in [-0.3, -0.25) is 4.99 Å². The summed E-state index contributed by atoms with van der Waals surface area (Å²) in [5.41, 5.74) is 1.11. The predicted octanol–water partition coefficient (Wildman–Crippen LogP) is 1.89. The van der Waals surface area contributed by atoms with Crippen LogP contribution >= 0.6 is 15.9 Å². The average Bonchev–Trinajstić information content (AvgIpc) is 2.73. The number of guanidine groups is 1. The zero-order chi connectivity index (χ0) is 12.3. The Labute approximate surface area is 110 Å². The van der Waals surface area contributed by atoms with Gasteiger partial charge in [-0.05, 0) is 19.1 Å². The van der Waals surface area contributed by atoms with Crippen molar-refractivity contribution in [2.24, 2.45) is 4.99 Å². The average molecular weight is 298 g/mol. The molecule has 0 radical (unpaired) electrons. The first-order valence-corrected chi connectivity index (χ1v) is 6.35. The summed E-state index contributed by atoms with van der Waals surface area (Å²) in [4.78, 5) is 4.35. The highest BCUT2D eigenvalue weighted by Gasteiger charge is 2.12. The SMILES string of the molecule is COc1cc(Br)ccc1CNC1=NCC(C)N1. The smallest absolute Gasteiger partial charge is 0.191 e. The third kappa shape index (κ3) is 3.12. The van der Waals surface area contributed by atoms with Crippen LogP contribution in [-0.2, 0) is 6.54 Å². The number of nitrogens with one attached hydrogen (secondary N) is 2. The predicted molar refractivity (Wildman–Crippen MR) is 72.4 cm³/mol. The van der Waals surface area contributed by atoms with E-state index in [9.17, 15) is 0 Å². The minimum absolute atomic E-state index is 0.421. The van der Waals surface area contributed by atoms with Gasteiger partial charge in [-0.1, -0.05) is 22.0 Å². The van der Waals surface area contributed by atoms with Gasteiger partial charge in [0.25, 0.3) is 0 Å². The first-order valence-electron chi connectivity index (χ1n) is 5.56. The minimum atomic E-state index is 0.421. The van der Waals surface area contributed by atoms with E-state index in [0.29, 0.717) is 12.6 Å². The lowest BCUT2D eigenvalue weighted by molar-refractivity contribution is 0.409. The van der Waals surface area contributed by atoms with Gasteiger partial charge < -0.3 is 15.4 Å². The zero-order valence-corrected chi connectivity index (χ0v) is 11.5. The minimum Gasteiger partial charge on any atom is -0.496 e. The van der Waals surface area contributed by atoms with E-state index >= 15 is 0 Å². The lowest BCUT2D eigenvalue weighted by Crippen LogP contribution is -2.37. The van der Waals surface area contributed by atoms with Crippen molar-refractivity contribution in [2.45, 2.75) is 19.5 Å². The normalized spacial score (nSPS) is 18.5. The van der Waals surface area contributed by atoms with E-state index in [1.54, 1.807) is 7.11 Å². The first kappa shape index (κ1) is 12.2. The molecule has 1 aliphatic rings. The fraction of sp³-hybridized carbons (Fsp3) is 0.417. The van der Waals surface area contributed by atoms with Gasteiger partial charge in [0.1, 0.15) is 5.75 Å². The third-order valence-electron chi connectivity index (χ3n) is 2.60. The Morgan fingerprint density at radius 2 is 2.41 bits per heavy atom. The first-order chi connectivity index (χ1) is 8.19. The molecule has 0 fully saturated rings.